The first kappa shape index (κ1) is 21.8. The van der Waals surface area contributed by atoms with Gasteiger partial charge in [0.05, 0.1) is 18.7 Å². The molecule has 2 amide bonds. The Kier molecular flexibility index (Phi) is 6.05. The molecule has 1 aromatic carbocycles. The smallest absolute Gasteiger partial charge is 0.252 e. The molecule has 8 nitrogen and oxygen atoms in total. The minimum atomic E-state index is -3.51. The summed E-state index contributed by atoms with van der Waals surface area (Å²) < 4.78 is 32.5. The van der Waals surface area contributed by atoms with Gasteiger partial charge in [0.1, 0.15) is 9.96 Å². The van der Waals surface area contributed by atoms with E-state index in [-0.39, 0.29) is 31.3 Å². The number of anilines is 1. The lowest BCUT2D eigenvalue weighted by Gasteiger charge is -2.35. The molecule has 0 radical (unpaired) electrons. The SMILES string of the molecule is COc1ccc(C)cc1N1CC(C(=O)N2CCN(S(=O)(=O)c3cccs3)CC2)CC1=O. The summed E-state index contributed by atoms with van der Waals surface area (Å²) >= 11 is 1.19. The molecule has 2 fully saturated rings. The summed E-state index contributed by atoms with van der Waals surface area (Å²) in [6.45, 7) is 3.38. The first-order valence-electron chi connectivity index (χ1n) is 10.1. The number of piperazine rings is 1. The van der Waals surface area contributed by atoms with Gasteiger partial charge in [0.25, 0.3) is 10.0 Å². The largest absolute Gasteiger partial charge is 0.495 e. The van der Waals surface area contributed by atoms with Crippen LogP contribution in [0.2, 0.25) is 0 Å². The number of sulfonamides is 1. The first-order chi connectivity index (χ1) is 14.8. The Labute approximate surface area is 186 Å². The molecule has 2 aliphatic rings. The third kappa shape index (κ3) is 4.19. The molecule has 0 bridgehead atoms. The van der Waals surface area contributed by atoms with Gasteiger partial charge < -0.3 is 14.5 Å². The second kappa shape index (κ2) is 8.60. The molecule has 2 saturated heterocycles. The maximum atomic E-state index is 13.1. The van der Waals surface area contributed by atoms with Gasteiger partial charge in [0, 0.05) is 39.1 Å². The van der Waals surface area contributed by atoms with Crippen molar-refractivity contribution < 1.29 is 22.7 Å². The average molecular weight is 464 g/mol. The van der Waals surface area contributed by atoms with E-state index in [0.717, 1.165) is 5.56 Å². The number of rotatable bonds is 5. The molecule has 1 unspecified atom stereocenters. The number of hydrogen-bond donors (Lipinski definition) is 0. The van der Waals surface area contributed by atoms with Crippen molar-refractivity contribution in [2.24, 2.45) is 5.92 Å². The van der Waals surface area contributed by atoms with Crippen molar-refractivity contribution in [2.75, 3.05) is 44.7 Å². The number of methoxy groups -OCH3 is 1. The van der Waals surface area contributed by atoms with Gasteiger partial charge in [-0.25, -0.2) is 8.42 Å². The number of thiophene rings is 1. The summed E-state index contributed by atoms with van der Waals surface area (Å²) in [5.41, 5.74) is 1.68. The van der Waals surface area contributed by atoms with Crippen LogP contribution in [0, 0.1) is 12.8 Å². The van der Waals surface area contributed by atoms with Crippen LogP contribution in [0.15, 0.2) is 39.9 Å². The molecule has 2 aliphatic heterocycles. The van der Waals surface area contributed by atoms with Crippen LogP contribution in [0.25, 0.3) is 0 Å². The van der Waals surface area contributed by atoms with Crippen LogP contribution in [-0.4, -0.2) is 69.3 Å². The lowest BCUT2D eigenvalue weighted by molar-refractivity contribution is -0.136. The molecule has 2 aromatic rings. The quantitative estimate of drug-likeness (QED) is 0.677. The Morgan fingerprint density at radius 2 is 1.90 bits per heavy atom. The van der Waals surface area contributed by atoms with Crippen molar-refractivity contribution in [1.82, 2.24) is 9.21 Å². The van der Waals surface area contributed by atoms with Gasteiger partial charge in [-0.3, -0.25) is 9.59 Å². The van der Waals surface area contributed by atoms with E-state index < -0.39 is 15.9 Å². The van der Waals surface area contributed by atoms with E-state index in [9.17, 15) is 18.0 Å². The summed E-state index contributed by atoms with van der Waals surface area (Å²) in [6.07, 6.45) is 0.142. The molecular formula is C21H25N3O5S2. The van der Waals surface area contributed by atoms with E-state index in [1.165, 1.54) is 15.6 Å². The topological polar surface area (TPSA) is 87.2 Å². The van der Waals surface area contributed by atoms with E-state index in [1.807, 2.05) is 25.1 Å². The van der Waals surface area contributed by atoms with Crippen LogP contribution in [-0.2, 0) is 19.6 Å². The Morgan fingerprint density at radius 1 is 1.16 bits per heavy atom. The van der Waals surface area contributed by atoms with Crippen molar-refractivity contribution in [3.8, 4) is 5.75 Å². The molecule has 0 spiro atoms. The number of carbonyl (C=O) groups excluding carboxylic acids is 2. The normalized spacial score (nSPS) is 20.3. The van der Waals surface area contributed by atoms with Crippen molar-refractivity contribution in [1.29, 1.82) is 0 Å². The molecule has 10 heteroatoms. The standard InChI is InChI=1S/C21H25N3O5S2/c1-15-5-6-18(29-2)17(12-15)24-14-16(13-19(24)25)21(26)22-7-9-23(10-8-22)31(27,28)20-4-3-11-30-20/h3-6,11-12,16H,7-10,13-14H2,1-2H3. The number of nitrogens with zero attached hydrogens (tertiary/aromatic N) is 3. The van der Waals surface area contributed by atoms with Gasteiger partial charge in [-0.2, -0.15) is 4.31 Å². The third-order valence-electron chi connectivity index (χ3n) is 5.74. The van der Waals surface area contributed by atoms with Gasteiger partial charge in [-0.1, -0.05) is 12.1 Å². The molecular weight excluding hydrogens is 438 g/mol. The Balaban J connectivity index is 1.41. The molecule has 1 aromatic heterocycles. The molecule has 166 valence electrons. The number of carbonyl (C=O) groups is 2. The number of ether oxygens (including phenoxy) is 1. The highest BCUT2D eigenvalue weighted by molar-refractivity contribution is 7.91. The van der Waals surface area contributed by atoms with Crippen LogP contribution < -0.4 is 9.64 Å². The van der Waals surface area contributed by atoms with Crippen molar-refractivity contribution in [2.45, 2.75) is 17.6 Å². The Morgan fingerprint density at radius 3 is 2.55 bits per heavy atom. The van der Waals surface area contributed by atoms with Crippen LogP contribution >= 0.6 is 11.3 Å². The number of amides is 2. The zero-order valence-corrected chi connectivity index (χ0v) is 19.1. The monoisotopic (exact) mass is 463 g/mol. The van der Waals surface area contributed by atoms with Gasteiger partial charge in [0.15, 0.2) is 0 Å². The average Bonchev–Trinajstić information content (AvgIpc) is 3.44. The van der Waals surface area contributed by atoms with Crippen LogP contribution in [0.1, 0.15) is 12.0 Å². The number of aryl methyl sites for hydroxylation is 1. The van der Waals surface area contributed by atoms with Gasteiger partial charge in [-0.15, -0.1) is 11.3 Å². The maximum Gasteiger partial charge on any atom is 0.252 e. The minimum absolute atomic E-state index is 0.101. The van der Waals surface area contributed by atoms with Gasteiger partial charge >= 0.3 is 0 Å². The highest BCUT2D eigenvalue weighted by Gasteiger charge is 2.40. The summed E-state index contributed by atoms with van der Waals surface area (Å²) in [6, 6.07) is 8.92. The fourth-order valence-electron chi connectivity index (χ4n) is 4.06. The molecule has 31 heavy (non-hydrogen) atoms. The van der Waals surface area contributed by atoms with Crippen molar-refractivity contribution in [3.05, 3.63) is 41.3 Å². The zero-order valence-electron chi connectivity index (χ0n) is 17.5. The fourth-order valence-corrected chi connectivity index (χ4v) is 6.63. The zero-order chi connectivity index (χ0) is 22.2. The van der Waals surface area contributed by atoms with Crippen LogP contribution in [0.3, 0.4) is 0 Å². The number of hydrogen-bond acceptors (Lipinski definition) is 6. The maximum absolute atomic E-state index is 13.1. The fraction of sp³-hybridized carbons (Fsp3) is 0.429. The molecule has 4 rings (SSSR count). The Hall–Kier alpha value is -2.43. The van der Waals surface area contributed by atoms with Crippen LogP contribution in [0.5, 0.6) is 5.75 Å². The first-order valence-corrected chi connectivity index (χ1v) is 12.4. The summed E-state index contributed by atoms with van der Waals surface area (Å²) in [5, 5.41) is 1.73. The Bertz CT molecular complexity index is 1080. The van der Waals surface area contributed by atoms with Crippen molar-refractivity contribution >= 4 is 38.9 Å². The molecule has 1 atom stereocenters. The second-order valence-corrected chi connectivity index (χ2v) is 10.9. The molecule has 0 aliphatic carbocycles. The molecule has 0 N–H and O–H groups in total. The molecule has 0 saturated carbocycles. The van der Waals surface area contributed by atoms with E-state index >= 15 is 0 Å². The minimum Gasteiger partial charge on any atom is -0.495 e. The van der Waals surface area contributed by atoms with Gasteiger partial charge in [0.2, 0.25) is 11.8 Å². The van der Waals surface area contributed by atoms with E-state index in [0.29, 0.717) is 35.3 Å². The van der Waals surface area contributed by atoms with E-state index in [2.05, 4.69) is 0 Å². The second-order valence-electron chi connectivity index (χ2n) is 7.74. The lowest BCUT2D eigenvalue weighted by atomic mass is 10.1. The van der Waals surface area contributed by atoms with E-state index in [1.54, 1.807) is 34.4 Å². The van der Waals surface area contributed by atoms with Crippen LogP contribution in [0.4, 0.5) is 5.69 Å². The lowest BCUT2D eigenvalue weighted by Crippen LogP contribution is -2.52. The number of benzene rings is 1. The molecule has 3 heterocycles. The predicted molar refractivity (Wildman–Crippen MR) is 118 cm³/mol. The summed E-state index contributed by atoms with van der Waals surface area (Å²) in [7, 11) is -1.96. The predicted octanol–water partition coefficient (Wildman–Crippen LogP) is 1.95. The summed E-state index contributed by atoms with van der Waals surface area (Å²) in [4.78, 5) is 29.1. The van der Waals surface area contributed by atoms with Gasteiger partial charge in [-0.05, 0) is 36.1 Å². The third-order valence-corrected chi connectivity index (χ3v) is 9.01. The highest BCUT2D eigenvalue weighted by Crippen LogP contribution is 2.34. The summed E-state index contributed by atoms with van der Waals surface area (Å²) in [5.74, 6) is -0.0607. The van der Waals surface area contributed by atoms with E-state index in [4.69, 9.17) is 4.74 Å². The van der Waals surface area contributed by atoms with Crippen molar-refractivity contribution in [3.63, 3.8) is 0 Å². The highest BCUT2D eigenvalue weighted by atomic mass is 32.2.